The van der Waals surface area contributed by atoms with Crippen molar-refractivity contribution in [1.82, 2.24) is 4.90 Å². The van der Waals surface area contributed by atoms with Gasteiger partial charge in [0.25, 0.3) is 0 Å². The highest BCUT2D eigenvalue weighted by Gasteiger charge is 2.51. The van der Waals surface area contributed by atoms with E-state index in [1.807, 2.05) is 0 Å². The van der Waals surface area contributed by atoms with Crippen LogP contribution < -0.4 is 0 Å². The van der Waals surface area contributed by atoms with Gasteiger partial charge in [0.1, 0.15) is 17.1 Å². The smallest absolute Gasteiger partial charge is 0.341 e. The lowest BCUT2D eigenvalue weighted by molar-refractivity contribution is -0.118. The molecule has 2 fully saturated rings. The Labute approximate surface area is 112 Å². The van der Waals surface area contributed by atoms with Crippen LogP contribution in [0.15, 0.2) is 10.5 Å². The average Bonchev–Trinajstić information content (AvgIpc) is 3.12. The van der Waals surface area contributed by atoms with Crippen LogP contribution in [-0.4, -0.2) is 41.8 Å². The largest absolute Gasteiger partial charge is 0.465 e. The van der Waals surface area contributed by atoms with Crippen molar-refractivity contribution in [1.29, 1.82) is 0 Å². The van der Waals surface area contributed by atoms with Gasteiger partial charge in [-0.05, 0) is 31.7 Å². The van der Waals surface area contributed by atoms with Gasteiger partial charge < -0.3 is 14.3 Å². The molecule has 104 valence electrons. The van der Waals surface area contributed by atoms with E-state index in [0.29, 0.717) is 36.9 Å². The van der Waals surface area contributed by atoms with Gasteiger partial charge in [-0.3, -0.25) is 4.90 Å². The number of nitrogens with zero attached hydrogens (tertiary/aromatic N) is 1. The molecular formula is C14H19NO4. The Balaban J connectivity index is 1.61. The number of hydrogen-bond acceptors (Lipinski definition) is 5. The lowest BCUT2D eigenvalue weighted by Gasteiger charge is -2.46. The molecule has 0 amide bonds. The van der Waals surface area contributed by atoms with E-state index in [2.05, 4.69) is 4.90 Å². The SMILES string of the molecule is COC(=O)c1cc(CN2CC(O)(C3CC3)C2)oc1C. The van der Waals surface area contributed by atoms with Crippen molar-refractivity contribution in [3.05, 3.63) is 23.2 Å². The van der Waals surface area contributed by atoms with Crippen LogP contribution in [0.4, 0.5) is 0 Å². The zero-order chi connectivity index (χ0) is 13.6. The molecule has 1 N–H and O–H groups in total. The van der Waals surface area contributed by atoms with Gasteiger partial charge in [0.15, 0.2) is 0 Å². The van der Waals surface area contributed by atoms with E-state index in [4.69, 9.17) is 9.15 Å². The number of likely N-dealkylation sites (tertiary alicyclic amines) is 1. The Morgan fingerprint density at radius 2 is 2.26 bits per heavy atom. The van der Waals surface area contributed by atoms with Gasteiger partial charge in [0.2, 0.25) is 0 Å². The normalized spacial score (nSPS) is 22.1. The molecule has 5 nitrogen and oxygen atoms in total. The molecule has 1 aromatic heterocycles. The predicted molar refractivity (Wildman–Crippen MR) is 67.7 cm³/mol. The zero-order valence-corrected chi connectivity index (χ0v) is 11.3. The van der Waals surface area contributed by atoms with E-state index in [0.717, 1.165) is 18.6 Å². The molecule has 5 heteroatoms. The summed E-state index contributed by atoms with van der Waals surface area (Å²) in [7, 11) is 1.36. The fourth-order valence-corrected chi connectivity index (χ4v) is 2.87. The highest BCUT2D eigenvalue weighted by atomic mass is 16.5. The van der Waals surface area contributed by atoms with Gasteiger partial charge in [-0.2, -0.15) is 0 Å². The number of carbonyl (C=O) groups excluding carboxylic acids is 1. The minimum Gasteiger partial charge on any atom is -0.465 e. The first kappa shape index (κ1) is 12.7. The summed E-state index contributed by atoms with van der Waals surface area (Å²) in [6, 6.07) is 1.73. The summed E-state index contributed by atoms with van der Waals surface area (Å²) in [5.74, 6) is 1.45. The van der Waals surface area contributed by atoms with Gasteiger partial charge in [-0.1, -0.05) is 0 Å². The third-order valence-corrected chi connectivity index (χ3v) is 4.09. The molecule has 0 aromatic carbocycles. The minimum atomic E-state index is -0.479. The number of β-amino-alcohol motifs (C(OH)–C–C–N with tert-alkyl or cyclic N) is 1. The van der Waals surface area contributed by atoms with E-state index >= 15 is 0 Å². The van der Waals surface area contributed by atoms with Gasteiger partial charge in [0.05, 0.1) is 19.3 Å². The maximum absolute atomic E-state index is 11.5. The molecule has 2 heterocycles. The third kappa shape index (κ3) is 2.28. The van der Waals surface area contributed by atoms with E-state index in [1.54, 1.807) is 13.0 Å². The molecule has 1 aliphatic heterocycles. The topological polar surface area (TPSA) is 62.9 Å². The maximum Gasteiger partial charge on any atom is 0.341 e. The molecule has 1 saturated carbocycles. The molecule has 0 radical (unpaired) electrons. The summed E-state index contributed by atoms with van der Waals surface area (Å²) in [5, 5.41) is 10.2. The summed E-state index contributed by atoms with van der Waals surface area (Å²) in [4.78, 5) is 13.6. The first-order chi connectivity index (χ1) is 9.01. The number of aliphatic hydroxyl groups is 1. The Morgan fingerprint density at radius 3 is 2.84 bits per heavy atom. The summed E-state index contributed by atoms with van der Waals surface area (Å²) >= 11 is 0. The highest BCUT2D eigenvalue weighted by molar-refractivity contribution is 5.90. The van der Waals surface area contributed by atoms with Crippen molar-refractivity contribution in [3.8, 4) is 0 Å². The lowest BCUT2D eigenvalue weighted by Crippen LogP contribution is -2.62. The van der Waals surface area contributed by atoms with Crippen molar-refractivity contribution in [2.75, 3.05) is 20.2 Å². The van der Waals surface area contributed by atoms with E-state index in [1.165, 1.54) is 7.11 Å². The minimum absolute atomic E-state index is 0.370. The summed E-state index contributed by atoms with van der Waals surface area (Å²) in [6.07, 6.45) is 2.30. The molecular weight excluding hydrogens is 246 g/mol. The van der Waals surface area contributed by atoms with Crippen LogP contribution in [0.5, 0.6) is 0 Å². The first-order valence-electron chi connectivity index (χ1n) is 6.64. The molecule has 2 aliphatic rings. The molecule has 1 aromatic rings. The number of ether oxygens (including phenoxy) is 1. The first-order valence-corrected chi connectivity index (χ1v) is 6.64. The van der Waals surface area contributed by atoms with Crippen LogP contribution in [0, 0.1) is 12.8 Å². The van der Waals surface area contributed by atoms with E-state index in [-0.39, 0.29) is 5.97 Å². The van der Waals surface area contributed by atoms with E-state index in [9.17, 15) is 9.90 Å². The quantitative estimate of drug-likeness (QED) is 0.832. The van der Waals surface area contributed by atoms with E-state index < -0.39 is 5.60 Å². The number of carbonyl (C=O) groups is 1. The average molecular weight is 265 g/mol. The van der Waals surface area contributed by atoms with Crippen LogP contribution in [0.25, 0.3) is 0 Å². The molecule has 1 aliphatic carbocycles. The monoisotopic (exact) mass is 265 g/mol. The summed E-state index contributed by atoms with van der Waals surface area (Å²) < 4.78 is 10.3. The van der Waals surface area contributed by atoms with Crippen LogP contribution in [0.2, 0.25) is 0 Å². The second-order valence-electron chi connectivity index (χ2n) is 5.70. The third-order valence-electron chi connectivity index (χ3n) is 4.09. The Hall–Kier alpha value is -1.33. The Bertz CT molecular complexity index is 498. The zero-order valence-electron chi connectivity index (χ0n) is 11.3. The standard InChI is InChI=1S/C14H19NO4/c1-9-12(13(16)18-2)5-11(19-9)6-15-7-14(17,8-15)10-3-4-10/h5,10,17H,3-4,6-8H2,1-2H3. The fraction of sp³-hybridized carbons (Fsp3) is 0.643. The number of methoxy groups -OCH3 is 1. The van der Waals surface area contributed by atoms with Gasteiger partial charge in [0, 0.05) is 13.1 Å². The van der Waals surface area contributed by atoms with Crippen LogP contribution in [0.3, 0.4) is 0 Å². The second-order valence-corrected chi connectivity index (χ2v) is 5.70. The number of hydrogen-bond donors (Lipinski definition) is 1. The summed E-state index contributed by atoms with van der Waals surface area (Å²) in [6.45, 7) is 3.79. The van der Waals surface area contributed by atoms with Gasteiger partial charge in [-0.15, -0.1) is 0 Å². The maximum atomic E-state index is 11.5. The second kappa shape index (κ2) is 4.35. The number of furan rings is 1. The van der Waals surface area contributed by atoms with Gasteiger partial charge >= 0.3 is 5.97 Å². The number of rotatable bonds is 4. The van der Waals surface area contributed by atoms with Crippen molar-refractivity contribution in [2.24, 2.45) is 5.92 Å². The molecule has 1 saturated heterocycles. The molecule has 0 spiro atoms. The lowest BCUT2D eigenvalue weighted by atomic mass is 9.89. The highest BCUT2D eigenvalue weighted by Crippen LogP contribution is 2.44. The summed E-state index contributed by atoms with van der Waals surface area (Å²) in [5.41, 5.74) is 0.00258. The molecule has 0 atom stereocenters. The van der Waals surface area contributed by atoms with Crippen molar-refractivity contribution in [2.45, 2.75) is 31.9 Å². The van der Waals surface area contributed by atoms with Crippen molar-refractivity contribution < 1.29 is 19.1 Å². The van der Waals surface area contributed by atoms with Crippen molar-refractivity contribution in [3.63, 3.8) is 0 Å². The fourth-order valence-electron chi connectivity index (χ4n) is 2.87. The number of aryl methyl sites for hydroxylation is 1. The Morgan fingerprint density at radius 1 is 1.58 bits per heavy atom. The number of esters is 1. The predicted octanol–water partition coefficient (Wildman–Crippen LogP) is 1.33. The van der Waals surface area contributed by atoms with Crippen LogP contribution >= 0.6 is 0 Å². The van der Waals surface area contributed by atoms with Crippen molar-refractivity contribution >= 4 is 5.97 Å². The molecule has 3 rings (SSSR count). The van der Waals surface area contributed by atoms with Crippen LogP contribution in [0.1, 0.15) is 34.7 Å². The Kier molecular flexibility index (Phi) is 2.91. The molecule has 0 bridgehead atoms. The van der Waals surface area contributed by atoms with Crippen LogP contribution in [-0.2, 0) is 11.3 Å². The molecule has 0 unspecified atom stereocenters. The molecule has 19 heavy (non-hydrogen) atoms. The van der Waals surface area contributed by atoms with Gasteiger partial charge in [-0.25, -0.2) is 4.79 Å².